The minimum atomic E-state index is -0.936. The molecule has 11 nitrogen and oxygen atoms in total. The van der Waals surface area contributed by atoms with Crippen molar-refractivity contribution in [2.24, 2.45) is 23.2 Å². The number of hydrogen-bond acceptors (Lipinski definition) is 9. The van der Waals surface area contributed by atoms with Gasteiger partial charge in [0, 0.05) is 12.0 Å². The molecule has 0 radical (unpaired) electrons. The summed E-state index contributed by atoms with van der Waals surface area (Å²) >= 11 is 0. The van der Waals surface area contributed by atoms with Crippen molar-refractivity contribution in [3.05, 3.63) is 23.9 Å². The number of rotatable bonds is 4. The number of carbonyl (C=O) groups is 3. The van der Waals surface area contributed by atoms with Crippen molar-refractivity contribution >= 4 is 29.0 Å². The highest BCUT2D eigenvalue weighted by Gasteiger charge is 2.51. The highest BCUT2D eigenvalue weighted by Crippen LogP contribution is 2.36. The predicted molar refractivity (Wildman–Crippen MR) is 168 cm³/mol. The monoisotopic (exact) mass is 624 g/mol. The van der Waals surface area contributed by atoms with Gasteiger partial charge in [-0.2, -0.15) is 0 Å². The molecule has 1 aromatic heterocycles. The lowest BCUT2D eigenvalue weighted by molar-refractivity contribution is -0.156. The molecule has 4 aliphatic rings. The number of carbonyl (C=O) groups excluding carboxylic acids is 3. The first-order valence-electron chi connectivity index (χ1n) is 16.3. The highest BCUT2D eigenvalue weighted by atomic mass is 16.6. The first kappa shape index (κ1) is 32.8. The van der Waals surface area contributed by atoms with Gasteiger partial charge >= 0.3 is 12.1 Å². The summed E-state index contributed by atoms with van der Waals surface area (Å²) < 4.78 is 23.4. The van der Waals surface area contributed by atoms with Crippen LogP contribution in [-0.2, 0) is 25.5 Å². The molecule has 246 valence electrons. The second-order valence-corrected chi connectivity index (χ2v) is 14.4. The van der Waals surface area contributed by atoms with Gasteiger partial charge in [0.25, 0.3) is 0 Å². The summed E-state index contributed by atoms with van der Waals surface area (Å²) in [7, 11) is 1.60. The molecule has 3 aliphatic heterocycles. The van der Waals surface area contributed by atoms with Gasteiger partial charge < -0.3 is 29.2 Å². The van der Waals surface area contributed by atoms with Gasteiger partial charge in [0.2, 0.25) is 11.8 Å². The lowest BCUT2D eigenvalue weighted by atomic mass is 9.79. The molecular formula is C34H48N4O7. The maximum absolute atomic E-state index is 14.3. The number of amides is 2. The smallest absolute Gasteiger partial charge is 0.408 e. The molecule has 4 bridgehead atoms. The minimum Gasteiger partial charge on any atom is -0.497 e. The number of hydrogen-bond donors (Lipinski definition) is 1. The molecule has 2 amide bonds. The maximum Gasteiger partial charge on any atom is 0.408 e. The number of esters is 1. The number of aromatic nitrogens is 2. The van der Waals surface area contributed by atoms with E-state index in [1.54, 1.807) is 7.11 Å². The van der Waals surface area contributed by atoms with Gasteiger partial charge in [-0.15, -0.1) is 0 Å². The Kier molecular flexibility index (Phi) is 9.74. The summed E-state index contributed by atoms with van der Waals surface area (Å²) in [6.07, 6.45) is 3.89. The fraction of sp³-hybridized carbons (Fsp3) is 0.676. The van der Waals surface area contributed by atoms with E-state index < -0.39 is 41.6 Å². The lowest BCUT2D eigenvalue weighted by Crippen LogP contribution is -2.58. The molecule has 2 fully saturated rings. The van der Waals surface area contributed by atoms with Gasteiger partial charge in [0.05, 0.1) is 31.3 Å². The molecule has 11 heteroatoms. The summed E-state index contributed by atoms with van der Waals surface area (Å²) in [6.45, 7) is 11.8. The van der Waals surface area contributed by atoms with E-state index in [1.165, 1.54) is 4.90 Å². The Labute approximate surface area is 265 Å². The van der Waals surface area contributed by atoms with E-state index in [0.717, 1.165) is 43.3 Å². The first-order chi connectivity index (χ1) is 21.3. The molecule has 0 unspecified atom stereocenters. The maximum atomic E-state index is 14.3. The van der Waals surface area contributed by atoms with Crippen LogP contribution in [0.4, 0.5) is 4.79 Å². The molecule has 45 heavy (non-hydrogen) atoms. The van der Waals surface area contributed by atoms with Crippen molar-refractivity contribution in [1.82, 2.24) is 20.2 Å². The molecular weight excluding hydrogens is 576 g/mol. The fourth-order valence-electron chi connectivity index (χ4n) is 6.44. The number of ether oxygens (including phenoxy) is 4. The van der Waals surface area contributed by atoms with Crippen LogP contribution in [0.15, 0.2) is 18.2 Å². The van der Waals surface area contributed by atoms with Crippen LogP contribution in [0.2, 0.25) is 0 Å². The Morgan fingerprint density at radius 1 is 1.11 bits per heavy atom. The van der Waals surface area contributed by atoms with Gasteiger partial charge in [-0.1, -0.05) is 54.4 Å². The van der Waals surface area contributed by atoms with E-state index >= 15 is 0 Å². The molecule has 1 saturated heterocycles. The number of methoxy groups -OCH3 is 1. The zero-order valence-corrected chi connectivity index (χ0v) is 27.6. The van der Waals surface area contributed by atoms with E-state index in [-0.39, 0.29) is 31.1 Å². The standard InChI is InChI=1S/C34H48N4O7/c1-19(2)18-43-32(40)28-20(3)27-17-38(28)31(39)29(34(4,5)6)37-33(41)44-23-14-21(15-23)10-8-9-11-25-30(45-27)36-26-16-22(42-7)12-13-24(26)35-25/h12-13,16,19-21,23,27-29H,8-11,14-15,17-18H2,1-7H3,(H,37,41)/t20-,21?,23?,27+,28+,29-/m1/s1. The molecule has 4 heterocycles. The van der Waals surface area contributed by atoms with Gasteiger partial charge in [0.15, 0.2) is 0 Å². The van der Waals surface area contributed by atoms with E-state index in [1.807, 2.05) is 59.7 Å². The molecule has 0 spiro atoms. The molecule has 1 aromatic carbocycles. The lowest BCUT2D eigenvalue weighted by Gasteiger charge is -2.37. The van der Waals surface area contributed by atoms with E-state index in [9.17, 15) is 14.4 Å². The first-order valence-corrected chi connectivity index (χ1v) is 16.3. The number of aryl methyl sites for hydroxylation is 1. The Balaban J connectivity index is 1.53. The molecule has 1 saturated carbocycles. The number of benzene rings is 1. The zero-order valence-electron chi connectivity index (χ0n) is 27.6. The molecule has 2 aromatic rings. The Hall–Kier alpha value is -3.63. The van der Waals surface area contributed by atoms with Gasteiger partial charge in [-0.3, -0.25) is 4.79 Å². The number of alkyl carbamates (subject to hydrolysis) is 1. The van der Waals surface area contributed by atoms with Crippen LogP contribution in [0.25, 0.3) is 11.0 Å². The summed E-state index contributed by atoms with van der Waals surface area (Å²) in [4.78, 5) is 52.3. The number of nitrogens with zero attached hydrogens (tertiary/aromatic N) is 3. The van der Waals surface area contributed by atoms with Crippen molar-refractivity contribution < 1.29 is 33.3 Å². The predicted octanol–water partition coefficient (Wildman–Crippen LogP) is 5.08. The van der Waals surface area contributed by atoms with Gasteiger partial charge in [-0.05, 0) is 55.1 Å². The topological polar surface area (TPSA) is 129 Å². The third-order valence-electron chi connectivity index (χ3n) is 9.17. The van der Waals surface area contributed by atoms with Crippen molar-refractivity contribution in [3.63, 3.8) is 0 Å². The second-order valence-electron chi connectivity index (χ2n) is 14.4. The van der Waals surface area contributed by atoms with Crippen LogP contribution in [0, 0.1) is 23.2 Å². The number of fused-ring (bicyclic) bond motifs is 8. The third-order valence-corrected chi connectivity index (χ3v) is 9.17. The van der Waals surface area contributed by atoms with Crippen molar-refractivity contribution in [2.75, 3.05) is 20.3 Å². The molecule has 4 atom stereocenters. The zero-order chi connectivity index (χ0) is 32.5. The van der Waals surface area contributed by atoms with Crippen LogP contribution >= 0.6 is 0 Å². The molecule has 6 rings (SSSR count). The van der Waals surface area contributed by atoms with Crippen LogP contribution in [-0.4, -0.2) is 77.4 Å². The second kappa shape index (κ2) is 13.4. The summed E-state index contributed by atoms with van der Waals surface area (Å²) in [6, 6.07) is 3.73. The Morgan fingerprint density at radius 3 is 2.56 bits per heavy atom. The van der Waals surface area contributed by atoms with Crippen LogP contribution in [0.3, 0.4) is 0 Å². The van der Waals surface area contributed by atoms with E-state index in [0.29, 0.717) is 29.5 Å². The molecule has 1 N–H and O–H groups in total. The fourth-order valence-corrected chi connectivity index (χ4v) is 6.44. The summed E-state index contributed by atoms with van der Waals surface area (Å²) in [5.74, 6) is 0.378. The highest BCUT2D eigenvalue weighted by molar-refractivity contribution is 5.91. The Bertz CT molecular complexity index is 1400. The van der Waals surface area contributed by atoms with Crippen LogP contribution in [0.1, 0.15) is 79.3 Å². The van der Waals surface area contributed by atoms with E-state index in [2.05, 4.69) is 5.32 Å². The quantitative estimate of drug-likeness (QED) is 0.463. The summed E-state index contributed by atoms with van der Waals surface area (Å²) in [5.41, 5.74) is 1.47. The van der Waals surface area contributed by atoms with Crippen LogP contribution in [0.5, 0.6) is 11.6 Å². The normalized spacial score (nSPS) is 27.8. The summed E-state index contributed by atoms with van der Waals surface area (Å²) in [5, 5.41) is 2.84. The van der Waals surface area contributed by atoms with Gasteiger partial charge in [0.1, 0.15) is 35.7 Å². The minimum absolute atomic E-state index is 0.117. The van der Waals surface area contributed by atoms with Crippen molar-refractivity contribution in [1.29, 1.82) is 0 Å². The average Bonchev–Trinajstić information content (AvgIpc) is 3.29. The number of nitrogens with one attached hydrogen (secondary N) is 1. The Morgan fingerprint density at radius 2 is 1.87 bits per heavy atom. The van der Waals surface area contributed by atoms with Crippen LogP contribution < -0.4 is 14.8 Å². The SMILES string of the molecule is COc1ccc2nc3c(nc2c1)O[C@H]1CN(C(=O)[C@H](C(C)(C)C)NC(=O)OC2CC(CCCC3)C2)[C@H](C(=O)OCC(C)C)[C@@H]1C. The van der Waals surface area contributed by atoms with Crippen molar-refractivity contribution in [2.45, 2.75) is 104 Å². The van der Waals surface area contributed by atoms with Crippen molar-refractivity contribution in [3.8, 4) is 11.6 Å². The largest absolute Gasteiger partial charge is 0.497 e. The van der Waals surface area contributed by atoms with E-state index in [4.69, 9.17) is 28.9 Å². The third kappa shape index (κ3) is 7.44. The average molecular weight is 625 g/mol. The molecule has 1 aliphatic carbocycles. The van der Waals surface area contributed by atoms with Gasteiger partial charge in [-0.25, -0.2) is 19.6 Å².